The van der Waals surface area contributed by atoms with E-state index in [1.54, 1.807) is 11.3 Å². The van der Waals surface area contributed by atoms with Crippen molar-refractivity contribution in [3.05, 3.63) is 40.6 Å². The third-order valence-electron chi connectivity index (χ3n) is 3.63. The maximum Gasteiger partial charge on any atom is 0.131 e. The fourth-order valence-electron chi connectivity index (χ4n) is 2.29. The van der Waals surface area contributed by atoms with Gasteiger partial charge in [-0.3, -0.25) is 5.32 Å². The van der Waals surface area contributed by atoms with Crippen LogP contribution in [0, 0.1) is 5.92 Å². The number of nitrogens with one attached hydrogen (secondary N) is 1. The fraction of sp³-hybridized carbons (Fsp3) is 0.562. The predicted molar refractivity (Wildman–Crippen MR) is 87.6 cm³/mol. The third kappa shape index (κ3) is 4.15. The zero-order valence-corrected chi connectivity index (χ0v) is 14.1. The minimum absolute atomic E-state index is 0.109. The third-order valence-corrected chi connectivity index (χ3v) is 4.57. The Morgan fingerprint density at radius 3 is 2.76 bits per heavy atom. The molecule has 116 valence electrons. The van der Waals surface area contributed by atoms with Crippen molar-refractivity contribution in [3.8, 4) is 0 Å². The molecule has 0 aliphatic rings. The first-order valence-corrected chi connectivity index (χ1v) is 8.35. The van der Waals surface area contributed by atoms with Crippen molar-refractivity contribution < 1.29 is 4.74 Å². The Morgan fingerprint density at radius 2 is 2.24 bits per heavy atom. The fourth-order valence-corrected chi connectivity index (χ4v) is 3.07. The van der Waals surface area contributed by atoms with Crippen LogP contribution in [0.5, 0.6) is 0 Å². The number of rotatable bonds is 8. The quantitative estimate of drug-likeness (QED) is 0.814. The molecule has 4 nitrogen and oxygen atoms in total. The average Bonchev–Trinajstić information content (AvgIpc) is 3.11. The topological polar surface area (TPSA) is 39.1 Å². The van der Waals surface area contributed by atoms with Crippen molar-refractivity contribution in [1.82, 2.24) is 14.9 Å². The maximum absolute atomic E-state index is 5.64. The van der Waals surface area contributed by atoms with Gasteiger partial charge in [-0.1, -0.05) is 19.9 Å². The summed E-state index contributed by atoms with van der Waals surface area (Å²) in [5.74, 6) is 1.54. The molecule has 2 aromatic heterocycles. The van der Waals surface area contributed by atoms with Gasteiger partial charge in [0.05, 0.1) is 6.61 Å². The van der Waals surface area contributed by atoms with Gasteiger partial charge in [0.1, 0.15) is 11.9 Å². The molecule has 0 aromatic carbocycles. The summed E-state index contributed by atoms with van der Waals surface area (Å²) in [6.45, 7) is 7.95. The highest BCUT2D eigenvalue weighted by molar-refractivity contribution is 7.10. The largest absolute Gasteiger partial charge is 0.380 e. The Kier molecular flexibility index (Phi) is 5.96. The summed E-state index contributed by atoms with van der Waals surface area (Å²) in [6, 6.07) is 4.66. The monoisotopic (exact) mass is 307 g/mol. The molecule has 0 saturated carbocycles. The van der Waals surface area contributed by atoms with Gasteiger partial charge < -0.3 is 9.30 Å². The molecule has 21 heavy (non-hydrogen) atoms. The summed E-state index contributed by atoms with van der Waals surface area (Å²) in [7, 11) is 2.04. The number of ether oxygens (including phenoxy) is 1. The van der Waals surface area contributed by atoms with Gasteiger partial charge in [0.15, 0.2) is 0 Å². The van der Waals surface area contributed by atoms with Gasteiger partial charge in [0, 0.05) is 37.0 Å². The van der Waals surface area contributed by atoms with Crippen molar-refractivity contribution in [2.45, 2.75) is 32.9 Å². The van der Waals surface area contributed by atoms with Crippen LogP contribution in [0.25, 0.3) is 0 Å². The molecule has 0 bridgehead atoms. The maximum atomic E-state index is 5.64. The molecule has 0 amide bonds. The lowest BCUT2D eigenvalue weighted by Crippen LogP contribution is -2.41. The number of imidazole rings is 1. The standard InChI is InChI=1S/C16H25N3OS/c1-5-20-11-13(12(2)3)18-15(14-7-6-10-21-14)16-17-8-9-19(16)4/h6-10,12-13,15,18H,5,11H2,1-4H3. The van der Waals surface area contributed by atoms with Crippen molar-refractivity contribution in [2.75, 3.05) is 13.2 Å². The first-order chi connectivity index (χ1) is 10.1. The number of aromatic nitrogens is 2. The van der Waals surface area contributed by atoms with E-state index in [4.69, 9.17) is 4.74 Å². The Morgan fingerprint density at radius 1 is 1.43 bits per heavy atom. The van der Waals surface area contributed by atoms with Crippen LogP contribution >= 0.6 is 11.3 Å². The van der Waals surface area contributed by atoms with E-state index in [9.17, 15) is 0 Å². The van der Waals surface area contributed by atoms with Gasteiger partial charge in [-0.25, -0.2) is 4.98 Å². The Bertz CT molecular complexity index is 521. The Labute approximate surface area is 131 Å². The van der Waals surface area contributed by atoms with Crippen LogP contribution in [0.1, 0.15) is 37.5 Å². The lowest BCUT2D eigenvalue weighted by Gasteiger charge is -2.27. The van der Waals surface area contributed by atoms with E-state index in [1.807, 2.05) is 26.4 Å². The molecule has 1 N–H and O–H groups in total. The first-order valence-electron chi connectivity index (χ1n) is 7.47. The molecule has 0 aliphatic heterocycles. The lowest BCUT2D eigenvalue weighted by molar-refractivity contribution is 0.105. The second-order valence-electron chi connectivity index (χ2n) is 5.52. The predicted octanol–water partition coefficient (Wildman–Crippen LogP) is 3.22. The average molecular weight is 307 g/mol. The van der Waals surface area contributed by atoms with E-state index in [1.165, 1.54) is 4.88 Å². The van der Waals surface area contributed by atoms with Crippen LogP contribution in [0.4, 0.5) is 0 Å². The lowest BCUT2D eigenvalue weighted by atomic mass is 10.0. The number of nitrogens with zero attached hydrogens (tertiary/aromatic N) is 2. The van der Waals surface area contributed by atoms with E-state index in [2.05, 4.69) is 46.2 Å². The Hall–Kier alpha value is -1.17. The van der Waals surface area contributed by atoms with Gasteiger partial charge in [0.2, 0.25) is 0 Å². The Balaban J connectivity index is 2.22. The highest BCUT2D eigenvalue weighted by Gasteiger charge is 2.24. The molecule has 2 aromatic rings. The van der Waals surface area contributed by atoms with Gasteiger partial charge in [0.25, 0.3) is 0 Å². The van der Waals surface area contributed by atoms with Gasteiger partial charge in [-0.05, 0) is 24.3 Å². The van der Waals surface area contributed by atoms with Crippen LogP contribution in [-0.4, -0.2) is 28.8 Å². The SMILES string of the molecule is CCOCC(NC(c1cccs1)c1nccn1C)C(C)C. The highest BCUT2D eigenvalue weighted by atomic mass is 32.1. The van der Waals surface area contributed by atoms with Crippen molar-refractivity contribution in [3.63, 3.8) is 0 Å². The van der Waals surface area contributed by atoms with Crippen molar-refractivity contribution in [1.29, 1.82) is 0 Å². The van der Waals surface area contributed by atoms with Crippen molar-refractivity contribution in [2.24, 2.45) is 13.0 Å². The van der Waals surface area contributed by atoms with Crippen LogP contribution in [0.15, 0.2) is 29.9 Å². The highest BCUT2D eigenvalue weighted by Crippen LogP contribution is 2.26. The second-order valence-corrected chi connectivity index (χ2v) is 6.50. The van der Waals surface area contributed by atoms with E-state index in [0.717, 1.165) is 19.0 Å². The summed E-state index contributed by atoms with van der Waals surface area (Å²) in [6.07, 6.45) is 3.84. The first kappa shape index (κ1) is 16.2. The van der Waals surface area contributed by atoms with E-state index in [0.29, 0.717) is 12.0 Å². The molecule has 0 saturated heterocycles. The van der Waals surface area contributed by atoms with Crippen LogP contribution in [-0.2, 0) is 11.8 Å². The number of thiophene rings is 1. The minimum atomic E-state index is 0.109. The van der Waals surface area contributed by atoms with E-state index in [-0.39, 0.29) is 6.04 Å². The van der Waals surface area contributed by atoms with Crippen LogP contribution < -0.4 is 5.32 Å². The van der Waals surface area contributed by atoms with Crippen molar-refractivity contribution >= 4 is 11.3 Å². The molecule has 0 spiro atoms. The molecule has 2 unspecified atom stereocenters. The van der Waals surface area contributed by atoms with E-state index >= 15 is 0 Å². The number of hydrogen-bond acceptors (Lipinski definition) is 4. The van der Waals surface area contributed by atoms with Gasteiger partial charge in [-0.2, -0.15) is 0 Å². The normalized spacial score (nSPS) is 14.5. The molecule has 2 atom stereocenters. The molecule has 0 fully saturated rings. The zero-order chi connectivity index (χ0) is 15.2. The van der Waals surface area contributed by atoms with Crippen LogP contribution in [0.3, 0.4) is 0 Å². The van der Waals surface area contributed by atoms with Gasteiger partial charge in [-0.15, -0.1) is 11.3 Å². The van der Waals surface area contributed by atoms with Crippen LogP contribution in [0.2, 0.25) is 0 Å². The number of hydrogen-bond donors (Lipinski definition) is 1. The summed E-state index contributed by atoms with van der Waals surface area (Å²) in [5, 5.41) is 5.85. The number of aryl methyl sites for hydroxylation is 1. The molecule has 5 heteroatoms. The minimum Gasteiger partial charge on any atom is -0.380 e. The second kappa shape index (κ2) is 7.73. The van der Waals surface area contributed by atoms with E-state index < -0.39 is 0 Å². The smallest absolute Gasteiger partial charge is 0.131 e. The summed E-state index contributed by atoms with van der Waals surface area (Å²) >= 11 is 1.76. The molecular weight excluding hydrogens is 282 g/mol. The molecule has 0 aliphatic carbocycles. The summed E-state index contributed by atoms with van der Waals surface area (Å²) < 4.78 is 7.72. The molecule has 0 radical (unpaired) electrons. The molecule has 2 heterocycles. The molecule has 2 rings (SSSR count). The van der Waals surface area contributed by atoms with Gasteiger partial charge >= 0.3 is 0 Å². The summed E-state index contributed by atoms with van der Waals surface area (Å²) in [5.41, 5.74) is 0. The molecular formula is C16H25N3OS. The zero-order valence-electron chi connectivity index (χ0n) is 13.2. The summed E-state index contributed by atoms with van der Waals surface area (Å²) in [4.78, 5) is 5.81.